The third kappa shape index (κ3) is 4.72. The average Bonchev–Trinajstić information content (AvgIpc) is 3.26. The van der Waals surface area contributed by atoms with Crippen molar-refractivity contribution in [2.24, 2.45) is 5.92 Å². The molecule has 0 radical (unpaired) electrons. The molecule has 0 bridgehead atoms. The van der Waals surface area contributed by atoms with Gasteiger partial charge in [-0.1, -0.05) is 24.7 Å². The smallest absolute Gasteiger partial charge is 0.269 e. The molecule has 1 aromatic rings. The zero-order chi connectivity index (χ0) is 13.5. The Hall–Kier alpha value is -1.86. The highest BCUT2D eigenvalue weighted by Crippen LogP contribution is 2.33. The lowest BCUT2D eigenvalue weighted by Crippen LogP contribution is -2.25. The minimum Gasteiger partial charge on any atom is -0.384 e. The van der Waals surface area contributed by atoms with Crippen LogP contribution in [0.4, 0.5) is 0 Å². The molecule has 1 aliphatic carbocycles. The molecule has 1 saturated carbocycles. The molecule has 1 amide bonds. The quantitative estimate of drug-likeness (QED) is 0.619. The molecule has 2 N–H and O–H groups in total. The van der Waals surface area contributed by atoms with Crippen molar-refractivity contribution in [2.75, 3.05) is 13.2 Å². The molecule has 1 aromatic heterocycles. The van der Waals surface area contributed by atoms with Crippen LogP contribution in [0.25, 0.3) is 0 Å². The third-order valence-corrected chi connectivity index (χ3v) is 3.08. The SMILES string of the molecule is O=C(NCCCC1CC1)c1ccc(C#CCO)cn1. The lowest BCUT2D eigenvalue weighted by atomic mass is 10.2. The van der Waals surface area contributed by atoms with Gasteiger partial charge in [-0.3, -0.25) is 4.79 Å². The van der Waals surface area contributed by atoms with E-state index in [2.05, 4.69) is 22.1 Å². The maximum absolute atomic E-state index is 11.8. The standard InChI is InChI=1S/C15H18N2O2/c18-10-2-4-13-7-8-14(17-11-13)15(19)16-9-1-3-12-5-6-12/h7-8,11-12,18H,1,3,5-6,9-10H2,(H,16,19). The van der Waals surface area contributed by atoms with Gasteiger partial charge in [-0.05, 0) is 30.9 Å². The molecule has 4 heteroatoms. The van der Waals surface area contributed by atoms with Crippen molar-refractivity contribution in [3.05, 3.63) is 29.6 Å². The van der Waals surface area contributed by atoms with E-state index in [0.29, 0.717) is 17.8 Å². The van der Waals surface area contributed by atoms with E-state index in [4.69, 9.17) is 5.11 Å². The number of aliphatic hydroxyl groups is 1. The Bertz CT molecular complexity index is 481. The van der Waals surface area contributed by atoms with E-state index in [1.54, 1.807) is 18.3 Å². The van der Waals surface area contributed by atoms with Gasteiger partial charge < -0.3 is 10.4 Å². The third-order valence-electron chi connectivity index (χ3n) is 3.08. The summed E-state index contributed by atoms with van der Waals surface area (Å²) in [5.74, 6) is 6.04. The van der Waals surface area contributed by atoms with Gasteiger partial charge in [0.1, 0.15) is 12.3 Å². The number of carbonyl (C=O) groups is 1. The van der Waals surface area contributed by atoms with Crippen molar-refractivity contribution in [2.45, 2.75) is 25.7 Å². The molecule has 0 spiro atoms. The molecular formula is C15H18N2O2. The summed E-state index contributed by atoms with van der Waals surface area (Å²) in [6.07, 6.45) is 6.50. The number of aliphatic hydroxyl groups excluding tert-OH is 1. The summed E-state index contributed by atoms with van der Waals surface area (Å²) in [5, 5.41) is 11.4. The molecule has 2 rings (SSSR count). The maximum atomic E-state index is 11.8. The predicted octanol–water partition coefficient (Wildman–Crippen LogP) is 1.35. The van der Waals surface area contributed by atoms with Crippen LogP contribution < -0.4 is 5.32 Å². The lowest BCUT2D eigenvalue weighted by Gasteiger charge is -2.04. The number of rotatable bonds is 5. The second kappa shape index (κ2) is 6.91. The molecule has 19 heavy (non-hydrogen) atoms. The van der Waals surface area contributed by atoms with Gasteiger partial charge in [0.25, 0.3) is 5.91 Å². The summed E-state index contributed by atoms with van der Waals surface area (Å²) in [6, 6.07) is 3.38. The first-order valence-corrected chi connectivity index (χ1v) is 6.63. The van der Waals surface area contributed by atoms with E-state index >= 15 is 0 Å². The Balaban J connectivity index is 1.77. The molecule has 0 aliphatic heterocycles. The summed E-state index contributed by atoms with van der Waals surface area (Å²) in [6.45, 7) is 0.534. The number of hydrogen-bond donors (Lipinski definition) is 2. The zero-order valence-electron chi connectivity index (χ0n) is 10.9. The molecule has 0 unspecified atom stereocenters. The Kier molecular flexibility index (Phi) is 4.93. The van der Waals surface area contributed by atoms with Crippen molar-refractivity contribution in [3.8, 4) is 11.8 Å². The van der Waals surface area contributed by atoms with E-state index < -0.39 is 0 Å². The topological polar surface area (TPSA) is 62.2 Å². The van der Waals surface area contributed by atoms with Crippen LogP contribution in [-0.4, -0.2) is 29.1 Å². The summed E-state index contributed by atoms with van der Waals surface area (Å²) >= 11 is 0. The fourth-order valence-corrected chi connectivity index (χ4v) is 1.83. The second-order valence-electron chi connectivity index (χ2n) is 4.73. The summed E-state index contributed by atoms with van der Waals surface area (Å²) in [5.41, 5.74) is 1.10. The van der Waals surface area contributed by atoms with Crippen molar-refractivity contribution in [1.82, 2.24) is 10.3 Å². The monoisotopic (exact) mass is 258 g/mol. The highest BCUT2D eigenvalue weighted by molar-refractivity contribution is 5.92. The van der Waals surface area contributed by atoms with Gasteiger partial charge in [-0.25, -0.2) is 4.98 Å². The predicted molar refractivity (Wildman–Crippen MR) is 72.5 cm³/mol. The van der Waals surface area contributed by atoms with Crippen LogP contribution in [0.2, 0.25) is 0 Å². The number of carbonyl (C=O) groups excluding carboxylic acids is 1. The number of hydrogen-bond acceptors (Lipinski definition) is 3. The molecule has 4 nitrogen and oxygen atoms in total. The molecule has 1 heterocycles. The Morgan fingerprint density at radius 3 is 2.95 bits per heavy atom. The Labute approximate surface area is 113 Å². The molecule has 100 valence electrons. The van der Waals surface area contributed by atoms with Gasteiger partial charge in [0.05, 0.1) is 0 Å². The fraction of sp³-hybridized carbons (Fsp3) is 0.467. The molecule has 1 fully saturated rings. The second-order valence-corrected chi connectivity index (χ2v) is 4.73. The highest BCUT2D eigenvalue weighted by atomic mass is 16.2. The van der Waals surface area contributed by atoms with E-state index in [-0.39, 0.29) is 12.5 Å². The van der Waals surface area contributed by atoms with Gasteiger partial charge >= 0.3 is 0 Å². The summed E-state index contributed by atoms with van der Waals surface area (Å²) in [4.78, 5) is 15.8. The minimum atomic E-state index is -0.177. The van der Waals surface area contributed by atoms with Gasteiger partial charge in [-0.2, -0.15) is 0 Å². The Morgan fingerprint density at radius 1 is 1.47 bits per heavy atom. The van der Waals surface area contributed by atoms with Crippen molar-refractivity contribution in [1.29, 1.82) is 0 Å². The number of nitrogens with zero attached hydrogens (tertiary/aromatic N) is 1. The lowest BCUT2D eigenvalue weighted by molar-refractivity contribution is 0.0948. The molecule has 1 aliphatic rings. The molecule has 0 saturated heterocycles. The molecule has 0 aromatic carbocycles. The van der Waals surface area contributed by atoms with Crippen molar-refractivity contribution < 1.29 is 9.90 Å². The fourth-order valence-electron chi connectivity index (χ4n) is 1.83. The molecular weight excluding hydrogens is 240 g/mol. The maximum Gasteiger partial charge on any atom is 0.269 e. The van der Waals surface area contributed by atoms with Gasteiger partial charge in [-0.15, -0.1) is 0 Å². The van der Waals surface area contributed by atoms with Gasteiger partial charge in [0.2, 0.25) is 0 Å². The first-order valence-electron chi connectivity index (χ1n) is 6.63. The van der Waals surface area contributed by atoms with E-state index in [1.165, 1.54) is 19.3 Å². The minimum absolute atomic E-state index is 0.141. The largest absolute Gasteiger partial charge is 0.384 e. The van der Waals surface area contributed by atoms with Crippen molar-refractivity contribution in [3.63, 3.8) is 0 Å². The first-order chi connectivity index (χ1) is 9.29. The first kappa shape index (κ1) is 13.6. The summed E-state index contributed by atoms with van der Waals surface area (Å²) < 4.78 is 0. The Morgan fingerprint density at radius 2 is 2.32 bits per heavy atom. The number of amides is 1. The van der Waals surface area contributed by atoms with Crippen molar-refractivity contribution >= 4 is 5.91 Å². The number of aromatic nitrogens is 1. The average molecular weight is 258 g/mol. The van der Waals surface area contributed by atoms with Gasteiger partial charge in [0, 0.05) is 18.3 Å². The van der Waals surface area contributed by atoms with Gasteiger partial charge in [0.15, 0.2) is 0 Å². The van der Waals surface area contributed by atoms with Crippen LogP contribution in [0.1, 0.15) is 41.7 Å². The van der Waals surface area contributed by atoms with Crippen LogP contribution in [0.5, 0.6) is 0 Å². The number of pyridine rings is 1. The number of nitrogens with one attached hydrogen (secondary N) is 1. The van der Waals surface area contributed by atoms with Crippen LogP contribution in [0.15, 0.2) is 18.3 Å². The van der Waals surface area contributed by atoms with E-state index in [0.717, 1.165) is 12.3 Å². The van der Waals surface area contributed by atoms with Crippen LogP contribution in [0.3, 0.4) is 0 Å². The van der Waals surface area contributed by atoms with E-state index in [1.807, 2.05) is 0 Å². The summed E-state index contributed by atoms with van der Waals surface area (Å²) in [7, 11) is 0. The molecule has 0 atom stereocenters. The van der Waals surface area contributed by atoms with Crippen LogP contribution >= 0.6 is 0 Å². The van der Waals surface area contributed by atoms with Crippen LogP contribution in [0, 0.1) is 17.8 Å². The van der Waals surface area contributed by atoms with E-state index in [9.17, 15) is 4.79 Å². The zero-order valence-corrected chi connectivity index (χ0v) is 10.9. The highest BCUT2D eigenvalue weighted by Gasteiger charge is 2.20. The van der Waals surface area contributed by atoms with Crippen LogP contribution in [-0.2, 0) is 0 Å². The normalized spacial score (nSPS) is 13.5.